The lowest BCUT2D eigenvalue weighted by Gasteiger charge is -2.40. The molecule has 2 aliphatic heterocycles. The Bertz CT molecular complexity index is 715. The summed E-state index contributed by atoms with van der Waals surface area (Å²) in [5, 5.41) is 10.3. The largest absolute Gasteiger partial charge is 0.381 e. The summed E-state index contributed by atoms with van der Waals surface area (Å²) >= 11 is 0. The minimum absolute atomic E-state index is 0.0155. The Kier molecular flexibility index (Phi) is 5.68. The molecule has 8 heteroatoms. The first-order valence-electron chi connectivity index (χ1n) is 10.5. The highest BCUT2D eigenvalue weighted by molar-refractivity contribution is 5.96. The number of aryl methyl sites for hydroxylation is 1. The van der Waals surface area contributed by atoms with E-state index in [-0.39, 0.29) is 23.1 Å². The van der Waals surface area contributed by atoms with Gasteiger partial charge in [-0.25, -0.2) is 0 Å². The number of carbonyl (C=O) groups is 2. The van der Waals surface area contributed by atoms with E-state index in [4.69, 9.17) is 4.74 Å². The molecule has 0 bridgehead atoms. The molecular weight excluding hydrogens is 358 g/mol. The summed E-state index contributed by atoms with van der Waals surface area (Å²) in [5.41, 5.74) is 0.410. The molecule has 2 saturated heterocycles. The fourth-order valence-electron chi connectivity index (χ4n) is 4.24. The molecule has 0 aromatic carbocycles. The molecule has 2 amide bonds. The number of rotatable bonds is 7. The van der Waals surface area contributed by atoms with Gasteiger partial charge in [0, 0.05) is 50.8 Å². The van der Waals surface area contributed by atoms with Gasteiger partial charge in [-0.1, -0.05) is 0 Å². The summed E-state index contributed by atoms with van der Waals surface area (Å²) in [5.74, 6) is 0.516. The van der Waals surface area contributed by atoms with E-state index >= 15 is 0 Å². The van der Waals surface area contributed by atoms with Crippen LogP contribution in [0.5, 0.6) is 0 Å². The van der Waals surface area contributed by atoms with Gasteiger partial charge in [-0.15, -0.1) is 0 Å². The van der Waals surface area contributed by atoms with E-state index < -0.39 is 0 Å². The van der Waals surface area contributed by atoms with Crippen LogP contribution in [-0.4, -0.2) is 65.9 Å². The second-order valence-electron chi connectivity index (χ2n) is 8.58. The molecule has 3 fully saturated rings. The molecule has 1 saturated carbocycles. The van der Waals surface area contributed by atoms with Gasteiger partial charge >= 0.3 is 0 Å². The zero-order valence-corrected chi connectivity index (χ0v) is 16.7. The van der Waals surface area contributed by atoms with Gasteiger partial charge in [0.25, 0.3) is 5.91 Å². The van der Waals surface area contributed by atoms with Crippen LogP contribution in [-0.2, 0) is 16.6 Å². The summed E-state index contributed by atoms with van der Waals surface area (Å²) < 4.78 is 7.13. The highest BCUT2D eigenvalue weighted by Gasteiger charge is 2.36. The predicted octanol–water partition coefficient (Wildman–Crippen LogP) is 1.39. The molecule has 1 aliphatic carbocycles. The number of ether oxygens (including phenoxy) is 1. The molecule has 28 heavy (non-hydrogen) atoms. The van der Waals surface area contributed by atoms with Gasteiger partial charge < -0.3 is 20.3 Å². The molecule has 0 radical (unpaired) electrons. The monoisotopic (exact) mass is 389 g/mol. The topological polar surface area (TPSA) is 88.5 Å². The number of hydrogen-bond acceptors (Lipinski definition) is 5. The van der Waals surface area contributed by atoms with Gasteiger partial charge in [-0.05, 0) is 51.6 Å². The van der Waals surface area contributed by atoms with Gasteiger partial charge in [0.05, 0.1) is 0 Å². The standard InChI is InChI=1S/C20H31N5O3/c1-24-17(22-18(26)15-4-5-15)12-16(23-24)19(27)21-13-20(6-10-28-11-7-20)14-25-8-2-3-9-25/h12,15H,2-11,13-14H2,1H3,(H,21,27)(H,22,26). The lowest BCUT2D eigenvalue weighted by molar-refractivity contribution is -0.117. The summed E-state index contributed by atoms with van der Waals surface area (Å²) in [7, 11) is 1.74. The minimum atomic E-state index is -0.185. The van der Waals surface area contributed by atoms with E-state index in [1.807, 2.05) is 0 Å². The Morgan fingerprint density at radius 2 is 1.96 bits per heavy atom. The van der Waals surface area contributed by atoms with E-state index in [0.29, 0.717) is 18.1 Å². The van der Waals surface area contributed by atoms with Gasteiger partial charge in [0.2, 0.25) is 5.91 Å². The second kappa shape index (κ2) is 8.21. The molecule has 4 rings (SSSR count). The lowest BCUT2D eigenvalue weighted by Crippen LogP contribution is -2.48. The van der Waals surface area contributed by atoms with Gasteiger partial charge in [0.15, 0.2) is 5.69 Å². The minimum Gasteiger partial charge on any atom is -0.381 e. The third-order valence-corrected chi connectivity index (χ3v) is 6.25. The van der Waals surface area contributed by atoms with Crippen LogP contribution in [0.1, 0.15) is 49.0 Å². The average Bonchev–Trinajstić information content (AvgIpc) is 3.32. The van der Waals surface area contributed by atoms with Crippen molar-refractivity contribution in [2.45, 2.75) is 38.5 Å². The highest BCUT2D eigenvalue weighted by atomic mass is 16.5. The van der Waals surface area contributed by atoms with Crippen LogP contribution in [0.25, 0.3) is 0 Å². The van der Waals surface area contributed by atoms with Crippen LogP contribution in [0.3, 0.4) is 0 Å². The third-order valence-electron chi connectivity index (χ3n) is 6.25. The molecule has 3 heterocycles. The third kappa shape index (κ3) is 4.55. The second-order valence-corrected chi connectivity index (χ2v) is 8.58. The SMILES string of the molecule is Cn1nc(C(=O)NCC2(CN3CCCC3)CCOCC2)cc1NC(=O)C1CC1. The number of nitrogens with one attached hydrogen (secondary N) is 2. The maximum absolute atomic E-state index is 12.7. The number of carbonyl (C=O) groups excluding carboxylic acids is 2. The number of nitrogens with zero attached hydrogens (tertiary/aromatic N) is 3. The first-order chi connectivity index (χ1) is 13.5. The summed E-state index contributed by atoms with van der Waals surface area (Å²) in [4.78, 5) is 27.2. The van der Waals surface area contributed by atoms with E-state index in [2.05, 4.69) is 20.6 Å². The van der Waals surface area contributed by atoms with Crippen molar-refractivity contribution in [2.75, 3.05) is 44.7 Å². The molecule has 2 N–H and O–H groups in total. The van der Waals surface area contributed by atoms with Crippen LogP contribution < -0.4 is 10.6 Å². The van der Waals surface area contributed by atoms with Crippen LogP contribution in [0.2, 0.25) is 0 Å². The summed E-state index contributed by atoms with van der Waals surface area (Å²) in [6, 6.07) is 1.66. The Labute approximate surface area is 166 Å². The van der Waals surface area contributed by atoms with Crippen molar-refractivity contribution in [3.63, 3.8) is 0 Å². The maximum atomic E-state index is 12.7. The molecule has 1 aromatic rings. The molecule has 0 spiro atoms. The molecule has 154 valence electrons. The zero-order chi connectivity index (χ0) is 19.6. The molecule has 8 nitrogen and oxygen atoms in total. The van der Waals surface area contributed by atoms with Crippen molar-refractivity contribution in [1.29, 1.82) is 0 Å². The van der Waals surface area contributed by atoms with Gasteiger partial charge in [-0.3, -0.25) is 14.3 Å². The smallest absolute Gasteiger partial charge is 0.271 e. The van der Waals surface area contributed by atoms with Gasteiger partial charge in [0.1, 0.15) is 5.82 Å². The predicted molar refractivity (Wildman–Crippen MR) is 105 cm³/mol. The normalized spacial score (nSPS) is 22.2. The molecule has 1 aromatic heterocycles. The van der Waals surface area contributed by atoms with E-state index in [1.165, 1.54) is 12.8 Å². The number of hydrogen-bond donors (Lipinski definition) is 2. The lowest BCUT2D eigenvalue weighted by atomic mass is 9.79. The Balaban J connectivity index is 1.37. The van der Waals surface area contributed by atoms with E-state index in [9.17, 15) is 9.59 Å². The number of amides is 2. The Hall–Kier alpha value is -1.93. The van der Waals surface area contributed by atoms with Crippen molar-refractivity contribution in [3.8, 4) is 0 Å². The Morgan fingerprint density at radius 3 is 2.64 bits per heavy atom. The zero-order valence-electron chi connectivity index (χ0n) is 16.7. The maximum Gasteiger partial charge on any atom is 0.271 e. The van der Waals surface area contributed by atoms with Crippen molar-refractivity contribution < 1.29 is 14.3 Å². The fraction of sp³-hybridized carbons (Fsp3) is 0.750. The highest BCUT2D eigenvalue weighted by Crippen LogP contribution is 2.32. The first-order valence-corrected chi connectivity index (χ1v) is 10.5. The van der Waals surface area contributed by atoms with Gasteiger partial charge in [-0.2, -0.15) is 5.10 Å². The van der Waals surface area contributed by atoms with E-state index in [0.717, 1.165) is 58.5 Å². The number of likely N-dealkylation sites (tertiary alicyclic amines) is 1. The number of anilines is 1. The molecular formula is C20H31N5O3. The summed E-state index contributed by atoms with van der Waals surface area (Å²) in [6.07, 6.45) is 6.35. The average molecular weight is 390 g/mol. The van der Waals surface area contributed by atoms with Crippen molar-refractivity contribution in [1.82, 2.24) is 20.0 Å². The fourth-order valence-corrected chi connectivity index (χ4v) is 4.24. The molecule has 0 unspecified atom stereocenters. The quantitative estimate of drug-likeness (QED) is 0.736. The van der Waals surface area contributed by atoms with Crippen molar-refractivity contribution in [3.05, 3.63) is 11.8 Å². The van der Waals surface area contributed by atoms with E-state index in [1.54, 1.807) is 17.8 Å². The Morgan fingerprint density at radius 1 is 1.25 bits per heavy atom. The number of aromatic nitrogens is 2. The van der Waals surface area contributed by atoms with Crippen LogP contribution >= 0.6 is 0 Å². The van der Waals surface area contributed by atoms with Crippen LogP contribution in [0.4, 0.5) is 5.82 Å². The van der Waals surface area contributed by atoms with Crippen LogP contribution in [0.15, 0.2) is 6.07 Å². The first kappa shape index (κ1) is 19.4. The van der Waals surface area contributed by atoms with Crippen LogP contribution in [0, 0.1) is 11.3 Å². The van der Waals surface area contributed by atoms with Crippen molar-refractivity contribution >= 4 is 17.6 Å². The van der Waals surface area contributed by atoms with Crippen molar-refractivity contribution in [2.24, 2.45) is 18.4 Å². The molecule has 3 aliphatic rings. The molecule has 0 atom stereocenters. The summed E-state index contributed by atoms with van der Waals surface area (Å²) in [6.45, 7) is 5.46.